The number of H-pyrrole nitrogens is 1. The average Bonchev–Trinajstić information content (AvgIpc) is 3.18. The number of ether oxygens (including phenoxy) is 2. The molecule has 0 spiro atoms. The maximum atomic E-state index is 13.1. The second-order valence-corrected chi connectivity index (χ2v) is 7.33. The van der Waals surface area contributed by atoms with Crippen molar-refractivity contribution in [3.05, 3.63) is 52.8 Å². The molecule has 2 aliphatic rings. The lowest BCUT2D eigenvalue weighted by atomic mass is 10.1. The summed E-state index contributed by atoms with van der Waals surface area (Å²) in [6, 6.07) is 9.32. The Kier molecular flexibility index (Phi) is 5.51. The van der Waals surface area contributed by atoms with E-state index in [2.05, 4.69) is 9.88 Å². The van der Waals surface area contributed by atoms with E-state index in [9.17, 15) is 9.59 Å². The van der Waals surface area contributed by atoms with Gasteiger partial charge in [0.2, 0.25) is 0 Å². The highest BCUT2D eigenvalue weighted by Gasteiger charge is 2.37. The Morgan fingerprint density at radius 2 is 2.00 bits per heavy atom. The van der Waals surface area contributed by atoms with Crippen LogP contribution >= 0.6 is 0 Å². The summed E-state index contributed by atoms with van der Waals surface area (Å²) < 4.78 is 10.8. The van der Waals surface area contributed by atoms with Gasteiger partial charge in [-0.05, 0) is 37.6 Å². The van der Waals surface area contributed by atoms with Crippen molar-refractivity contribution in [1.29, 1.82) is 0 Å². The van der Waals surface area contributed by atoms with Gasteiger partial charge >= 0.3 is 6.09 Å². The number of benzene rings is 1. The summed E-state index contributed by atoms with van der Waals surface area (Å²) in [6.45, 7) is 7.85. The summed E-state index contributed by atoms with van der Waals surface area (Å²) in [5.74, 6) is -0.366. The third-order valence-electron chi connectivity index (χ3n) is 5.27. The minimum absolute atomic E-state index is 0.235. The van der Waals surface area contributed by atoms with Gasteiger partial charge in [0.15, 0.2) is 0 Å². The van der Waals surface area contributed by atoms with Crippen molar-refractivity contribution in [2.24, 2.45) is 0 Å². The molecule has 7 nitrogen and oxygen atoms in total. The highest BCUT2D eigenvalue weighted by atomic mass is 16.6. The van der Waals surface area contributed by atoms with Crippen LogP contribution in [-0.4, -0.2) is 61.3 Å². The van der Waals surface area contributed by atoms with Crippen LogP contribution in [-0.2, 0) is 14.3 Å². The van der Waals surface area contributed by atoms with Crippen molar-refractivity contribution in [3.8, 4) is 0 Å². The van der Waals surface area contributed by atoms with Gasteiger partial charge in [0.1, 0.15) is 6.61 Å². The molecule has 1 fully saturated rings. The fourth-order valence-electron chi connectivity index (χ4n) is 3.76. The lowest BCUT2D eigenvalue weighted by Gasteiger charge is -2.26. The Hall–Kier alpha value is -2.90. The number of aromatic nitrogens is 1. The first-order chi connectivity index (χ1) is 14.0. The number of hydrogen-bond acceptors (Lipinski definition) is 5. The maximum absolute atomic E-state index is 13.1. The standard InChI is InChI=1S/C22H25N3O4/c1-15-13-16(2)23-19(15)14-18-17-5-3-4-6-20(17)25(21(18)26)22(27)29-12-9-24-7-10-28-11-8-24/h3-6,13-14,23H,7-12H2,1-2H3. The third-order valence-corrected chi connectivity index (χ3v) is 5.27. The van der Waals surface area contributed by atoms with Crippen LogP contribution in [0.4, 0.5) is 10.5 Å². The molecular weight excluding hydrogens is 370 g/mol. The number of carbonyl (C=O) groups excluding carboxylic acids is 2. The average molecular weight is 395 g/mol. The number of nitrogens with one attached hydrogen (secondary N) is 1. The molecule has 152 valence electrons. The van der Waals surface area contributed by atoms with Crippen molar-refractivity contribution in [2.75, 3.05) is 44.4 Å². The molecule has 0 atom stereocenters. The molecule has 3 heterocycles. The van der Waals surface area contributed by atoms with E-state index < -0.39 is 6.09 Å². The molecule has 0 bridgehead atoms. The smallest absolute Gasteiger partial charge is 0.421 e. The number of imide groups is 1. The molecule has 4 rings (SSSR count). The summed E-state index contributed by atoms with van der Waals surface area (Å²) in [6.07, 6.45) is 1.17. The van der Waals surface area contributed by atoms with Crippen LogP contribution in [0.25, 0.3) is 11.6 Å². The number of fused-ring (bicyclic) bond motifs is 1. The number of aromatic amines is 1. The van der Waals surface area contributed by atoms with E-state index in [0.717, 1.165) is 40.5 Å². The van der Waals surface area contributed by atoms with Crippen LogP contribution in [0.15, 0.2) is 30.3 Å². The normalized spacial score (nSPS) is 18.3. The second kappa shape index (κ2) is 8.23. The summed E-state index contributed by atoms with van der Waals surface area (Å²) >= 11 is 0. The highest BCUT2D eigenvalue weighted by Crippen LogP contribution is 2.38. The van der Waals surface area contributed by atoms with Crippen LogP contribution < -0.4 is 4.90 Å². The van der Waals surface area contributed by atoms with Gasteiger partial charge in [-0.15, -0.1) is 0 Å². The van der Waals surface area contributed by atoms with E-state index in [0.29, 0.717) is 31.0 Å². The summed E-state index contributed by atoms with van der Waals surface area (Å²) in [5.41, 5.74) is 4.70. The Morgan fingerprint density at radius 3 is 2.72 bits per heavy atom. The first-order valence-electron chi connectivity index (χ1n) is 9.83. The number of para-hydroxylation sites is 1. The fourth-order valence-corrected chi connectivity index (χ4v) is 3.76. The topological polar surface area (TPSA) is 74.9 Å². The number of anilines is 1. The highest BCUT2D eigenvalue weighted by molar-refractivity contribution is 6.41. The van der Waals surface area contributed by atoms with Crippen molar-refractivity contribution in [2.45, 2.75) is 13.8 Å². The number of aryl methyl sites for hydroxylation is 2. The first kappa shape index (κ1) is 19.4. The van der Waals surface area contributed by atoms with Crippen LogP contribution in [0.1, 0.15) is 22.5 Å². The van der Waals surface area contributed by atoms with Gasteiger partial charge in [-0.1, -0.05) is 18.2 Å². The molecule has 7 heteroatoms. The minimum atomic E-state index is -0.640. The quantitative estimate of drug-likeness (QED) is 0.806. The van der Waals surface area contributed by atoms with Gasteiger partial charge in [0.25, 0.3) is 5.91 Å². The number of rotatable bonds is 4. The van der Waals surface area contributed by atoms with Crippen molar-refractivity contribution >= 4 is 29.3 Å². The van der Waals surface area contributed by atoms with E-state index in [1.807, 2.05) is 44.2 Å². The Morgan fingerprint density at radius 1 is 1.24 bits per heavy atom. The monoisotopic (exact) mass is 395 g/mol. The van der Waals surface area contributed by atoms with E-state index >= 15 is 0 Å². The zero-order valence-electron chi connectivity index (χ0n) is 16.7. The molecule has 1 aromatic carbocycles. The van der Waals surface area contributed by atoms with Crippen LogP contribution in [0.5, 0.6) is 0 Å². The van der Waals surface area contributed by atoms with Crippen LogP contribution in [0.2, 0.25) is 0 Å². The van der Waals surface area contributed by atoms with Gasteiger partial charge in [-0.2, -0.15) is 0 Å². The molecule has 0 radical (unpaired) electrons. The van der Waals surface area contributed by atoms with Gasteiger partial charge in [-0.25, -0.2) is 9.69 Å². The second-order valence-electron chi connectivity index (χ2n) is 7.33. The van der Waals surface area contributed by atoms with Crippen molar-refractivity contribution in [3.63, 3.8) is 0 Å². The molecule has 2 amide bonds. The molecule has 29 heavy (non-hydrogen) atoms. The number of carbonyl (C=O) groups is 2. The number of nitrogens with zero attached hydrogens (tertiary/aromatic N) is 2. The van der Waals surface area contributed by atoms with Crippen molar-refractivity contribution < 1.29 is 19.1 Å². The molecule has 0 aliphatic carbocycles. The molecule has 1 N–H and O–H groups in total. The lowest BCUT2D eigenvalue weighted by molar-refractivity contribution is -0.112. The summed E-state index contributed by atoms with van der Waals surface area (Å²) in [4.78, 5) is 32.4. The number of morpholine rings is 1. The summed E-state index contributed by atoms with van der Waals surface area (Å²) in [5, 5.41) is 0. The first-order valence-corrected chi connectivity index (χ1v) is 9.83. The van der Waals surface area contributed by atoms with Gasteiger partial charge < -0.3 is 14.5 Å². The predicted octanol–water partition coefficient (Wildman–Crippen LogP) is 2.99. The molecular formula is C22H25N3O4. The zero-order chi connectivity index (χ0) is 20.4. The Bertz CT molecular complexity index is 957. The molecule has 1 aromatic heterocycles. The fraction of sp³-hybridized carbons (Fsp3) is 0.364. The van der Waals surface area contributed by atoms with Crippen molar-refractivity contribution in [1.82, 2.24) is 9.88 Å². The summed E-state index contributed by atoms with van der Waals surface area (Å²) in [7, 11) is 0. The third kappa shape index (κ3) is 3.97. The van der Waals surface area contributed by atoms with Gasteiger partial charge in [0, 0.05) is 36.6 Å². The number of amides is 2. The zero-order valence-corrected chi connectivity index (χ0v) is 16.7. The molecule has 2 aliphatic heterocycles. The van der Waals surface area contributed by atoms with E-state index in [1.54, 1.807) is 6.07 Å². The molecule has 2 aromatic rings. The molecule has 1 saturated heterocycles. The maximum Gasteiger partial charge on any atom is 0.421 e. The Labute approximate surface area is 169 Å². The van der Waals surface area contributed by atoms with E-state index in [4.69, 9.17) is 9.47 Å². The van der Waals surface area contributed by atoms with Crippen LogP contribution in [0, 0.1) is 13.8 Å². The largest absolute Gasteiger partial charge is 0.447 e. The Balaban J connectivity index is 1.52. The SMILES string of the molecule is Cc1cc(C)c(C=C2C(=O)N(C(=O)OCCN3CCOCC3)c3ccccc32)[nH]1. The van der Waals surface area contributed by atoms with Gasteiger partial charge in [-0.3, -0.25) is 9.69 Å². The molecule has 0 unspecified atom stereocenters. The predicted molar refractivity (Wildman–Crippen MR) is 111 cm³/mol. The molecule has 0 saturated carbocycles. The lowest BCUT2D eigenvalue weighted by Crippen LogP contribution is -2.40. The minimum Gasteiger partial charge on any atom is -0.447 e. The van der Waals surface area contributed by atoms with E-state index in [1.165, 1.54) is 0 Å². The van der Waals surface area contributed by atoms with Crippen LogP contribution in [0.3, 0.4) is 0 Å². The van der Waals surface area contributed by atoms with Gasteiger partial charge in [0.05, 0.1) is 24.5 Å². The number of hydrogen-bond donors (Lipinski definition) is 1. The van der Waals surface area contributed by atoms with E-state index in [-0.39, 0.29) is 12.5 Å².